The van der Waals surface area contributed by atoms with Gasteiger partial charge in [-0.3, -0.25) is 4.79 Å². The van der Waals surface area contributed by atoms with Crippen molar-refractivity contribution in [2.24, 2.45) is 0 Å². The number of carbonyl (C=O) groups is 1. The van der Waals surface area contributed by atoms with Crippen molar-refractivity contribution in [1.82, 2.24) is 14.9 Å². The molecule has 6 rings (SSSR count). The zero-order valence-electron chi connectivity index (χ0n) is 21.8. The highest BCUT2D eigenvalue weighted by Gasteiger charge is 2.26. The number of rotatable bonds is 5. The first kappa shape index (κ1) is 25.1. The van der Waals surface area contributed by atoms with Crippen LogP contribution in [-0.2, 0) is 6.42 Å². The van der Waals surface area contributed by atoms with Gasteiger partial charge in [-0.15, -0.1) is 0 Å². The van der Waals surface area contributed by atoms with Crippen molar-refractivity contribution in [3.63, 3.8) is 0 Å². The summed E-state index contributed by atoms with van der Waals surface area (Å²) in [5, 5.41) is 2.91. The summed E-state index contributed by atoms with van der Waals surface area (Å²) < 4.78 is 0. The first-order chi connectivity index (χ1) is 19.0. The first-order valence-corrected chi connectivity index (χ1v) is 13.6. The molecule has 0 bridgehead atoms. The number of hydrogen-bond acceptors (Lipinski definition) is 4. The summed E-state index contributed by atoms with van der Waals surface area (Å²) in [7, 11) is 0. The zero-order chi connectivity index (χ0) is 26.8. The molecule has 0 radical (unpaired) electrons. The summed E-state index contributed by atoms with van der Waals surface area (Å²) >= 11 is 6.13. The first-order valence-electron chi connectivity index (χ1n) is 13.3. The molecule has 1 amide bonds. The van der Waals surface area contributed by atoms with Gasteiger partial charge in [0, 0.05) is 60.0 Å². The van der Waals surface area contributed by atoms with Gasteiger partial charge in [0.1, 0.15) is 5.82 Å². The highest BCUT2D eigenvalue weighted by atomic mass is 35.5. The minimum Gasteiger partial charge on any atom is -0.353 e. The summed E-state index contributed by atoms with van der Waals surface area (Å²) in [6, 6.07) is 32.2. The maximum absolute atomic E-state index is 13.4. The van der Waals surface area contributed by atoms with Crippen LogP contribution >= 0.6 is 11.6 Å². The third-order valence-electron chi connectivity index (χ3n) is 7.38. The predicted octanol–water partition coefficient (Wildman–Crippen LogP) is 6.81. The molecule has 5 nitrogen and oxygen atoms in total. The Hall–Kier alpha value is -4.22. The highest BCUT2D eigenvalue weighted by Crippen LogP contribution is 2.29. The molecule has 0 aliphatic carbocycles. The van der Waals surface area contributed by atoms with Crippen LogP contribution in [0.2, 0.25) is 5.02 Å². The van der Waals surface area contributed by atoms with Crippen molar-refractivity contribution < 1.29 is 4.79 Å². The largest absolute Gasteiger partial charge is 0.353 e. The van der Waals surface area contributed by atoms with E-state index in [2.05, 4.69) is 42.2 Å². The summed E-state index contributed by atoms with van der Waals surface area (Å²) in [5.74, 6) is 1.70. The van der Waals surface area contributed by atoms with Gasteiger partial charge in [-0.25, -0.2) is 9.97 Å². The number of fused-ring (bicyclic) bond motifs is 1. The summed E-state index contributed by atoms with van der Waals surface area (Å²) in [6.07, 6.45) is 0.749. The standard InChI is InChI=1S/C33H29ClN4O/c1-23-30(21-24-7-3-2-4-8-24)32(36-31(35-23)26-13-15-29(34)16-14-26)37-17-19-38(20-18-37)33(39)28-12-11-25-9-5-6-10-27(25)22-28/h2-16,22H,17-21H2,1H3. The van der Waals surface area contributed by atoms with Crippen molar-refractivity contribution in [2.75, 3.05) is 31.1 Å². The Labute approximate surface area is 233 Å². The van der Waals surface area contributed by atoms with E-state index in [-0.39, 0.29) is 5.91 Å². The lowest BCUT2D eigenvalue weighted by molar-refractivity contribution is 0.0746. The normalized spacial score (nSPS) is 13.6. The molecule has 4 aromatic carbocycles. The highest BCUT2D eigenvalue weighted by molar-refractivity contribution is 6.30. The minimum atomic E-state index is 0.0747. The Morgan fingerprint density at radius 3 is 2.23 bits per heavy atom. The van der Waals surface area contributed by atoms with E-state index in [0.717, 1.165) is 45.4 Å². The molecule has 1 fully saturated rings. The van der Waals surface area contributed by atoms with Gasteiger partial charge in [0.25, 0.3) is 5.91 Å². The van der Waals surface area contributed by atoms with E-state index in [0.29, 0.717) is 37.0 Å². The van der Waals surface area contributed by atoms with E-state index in [1.54, 1.807) is 0 Å². The maximum atomic E-state index is 13.4. The lowest BCUT2D eigenvalue weighted by Gasteiger charge is -2.36. The molecule has 0 unspecified atom stereocenters. The summed E-state index contributed by atoms with van der Waals surface area (Å²) in [5.41, 5.74) is 4.96. The number of aryl methyl sites for hydroxylation is 1. The maximum Gasteiger partial charge on any atom is 0.253 e. The van der Waals surface area contributed by atoms with Crippen LogP contribution in [0.1, 0.15) is 27.2 Å². The quantitative estimate of drug-likeness (QED) is 0.249. The molecule has 2 heterocycles. The van der Waals surface area contributed by atoms with Crippen LogP contribution in [0.25, 0.3) is 22.2 Å². The fourth-order valence-electron chi connectivity index (χ4n) is 5.20. The van der Waals surface area contributed by atoms with Crippen LogP contribution < -0.4 is 4.90 Å². The molecule has 1 aliphatic rings. The second-order valence-electron chi connectivity index (χ2n) is 9.95. The Balaban J connectivity index is 1.27. The van der Waals surface area contributed by atoms with Crippen LogP contribution in [-0.4, -0.2) is 47.0 Å². The van der Waals surface area contributed by atoms with Crippen molar-refractivity contribution in [1.29, 1.82) is 0 Å². The molecular weight excluding hydrogens is 504 g/mol. The Morgan fingerprint density at radius 2 is 1.49 bits per heavy atom. The average molecular weight is 533 g/mol. The molecule has 0 saturated carbocycles. The molecule has 1 aromatic heterocycles. The van der Waals surface area contributed by atoms with E-state index in [4.69, 9.17) is 21.6 Å². The van der Waals surface area contributed by atoms with Gasteiger partial charge in [0.05, 0.1) is 0 Å². The van der Waals surface area contributed by atoms with Crippen molar-refractivity contribution in [2.45, 2.75) is 13.3 Å². The average Bonchev–Trinajstić information content (AvgIpc) is 2.98. The van der Waals surface area contributed by atoms with E-state index >= 15 is 0 Å². The lowest BCUT2D eigenvalue weighted by Crippen LogP contribution is -2.49. The Kier molecular flexibility index (Phi) is 6.99. The second kappa shape index (κ2) is 10.9. The van der Waals surface area contributed by atoms with Crippen molar-refractivity contribution in [3.8, 4) is 11.4 Å². The number of benzene rings is 4. The van der Waals surface area contributed by atoms with Gasteiger partial charge in [-0.2, -0.15) is 0 Å². The smallest absolute Gasteiger partial charge is 0.253 e. The molecule has 6 heteroatoms. The SMILES string of the molecule is Cc1nc(-c2ccc(Cl)cc2)nc(N2CCN(C(=O)c3ccc4ccccc4c3)CC2)c1Cc1ccccc1. The molecule has 5 aromatic rings. The number of anilines is 1. The van der Waals surface area contributed by atoms with Crippen molar-refractivity contribution >= 4 is 34.1 Å². The van der Waals surface area contributed by atoms with Crippen LogP contribution in [0, 0.1) is 6.92 Å². The summed E-state index contributed by atoms with van der Waals surface area (Å²) in [4.78, 5) is 27.6. The molecule has 39 heavy (non-hydrogen) atoms. The second-order valence-corrected chi connectivity index (χ2v) is 10.4. The van der Waals surface area contributed by atoms with Crippen LogP contribution in [0.15, 0.2) is 97.1 Å². The molecule has 194 valence electrons. The third kappa shape index (κ3) is 5.36. The Bertz CT molecular complexity index is 1630. The molecule has 0 N–H and O–H groups in total. The van der Waals surface area contributed by atoms with E-state index < -0.39 is 0 Å². The summed E-state index contributed by atoms with van der Waals surface area (Å²) in [6.45, 7) is 4.74. The number of aromatic nitrogens is 2. The fourth-order valence-corrected chi connectivity index (χ4v) is 5.33. The number of amides is 1. The molecule has 0 atom stereocenters. The number of halogens is 1. The zero-order valence-corrected chi connectivity index (χ0v) is 22.6. The van der Waals surface area contributed by atoms with Crippen LogP contribution in [0.4, 0.5) is 5.82 Å². The number of hydrogen-bond donors (Lipinski definition) is 0. The predicted molar refractivity (Wildman–Crippen MR) is 159 cm³/mol. The topological polar surface area (TPSA) is 49.3 Å². The van der Waals surface area contributed by atoms with Crippen molar-refractivity contribution in [3.05, 3.63) is 124 Å². The number of carbonyl (C=O) groups excluding carboxylic acids is 1. The molecule has 0 spiro atoms. The van der Waals surface area contributed by atoms with Gasteiger partial charge in [0.2, 0.25) is 0 Å². The van der Waals surface area contributed by atoms with Gasteiger partial charge in [0.15, 0.2) is 5.82 Å². The molecule has 1 aliphatic heterocycles. The van der Waals surface area contributed by atoms with Gasteiger partial charge >= 0.3 is 0 Å². The van der Waals surface area contributed by atoms with Crippen LogP contribution in [0.3, 0.4) is 0 Å². The van der Waals surface area contributed by atoms with Gasteiger partial charge < -0.3 is 9.80 Å². The van der Waals surface area contributed by atoms with E-state index in [1.165, 1.54) is 5.56 Å². The van der Waals surface area contributed by atoms with Gasteiger partial charge in [-0.05, 0) is 59.7 Å². The fraction of sp³-hybridized carbons (Fsp3) is 0.182. The Morgan fingerprint density at radius 1 is 0.795 bits per heavy atom. The number of nitrogens with zero attached hydrogens (tertiary/aromatic N) is 4. The third-order valence-corrected chi connectivity index (χ3v) is 7.63. The molecule has 1 saturated heterocycles. The molecular formula is C33H29ClN4O. The van der Waals surface area contributed by atoms with Gasteiger partial charge in [-0.1, -0.05) is 72.3 Å². The lowest BCUT2D eigenvalue weighted by atomic mass is 10.0. The van der Waals surface area contributed by atoms with E-state index in [1.807, 2.05) is 71.6 Å². The number of piperazine rings is 1. The monoisotopic (exact) mass is 532 g/mol. The van der Waals surface area contributed by atoms with Crippen LogP contribution in [0.5, 0.6) is 0 Å². The van der Waals surface area contributed by atoms with E-state index in [9.17, 15) is 4.79 Å². The minimum absolute atomic E-state index is 0.0747.